The van der Waals surface area contributed by atoms with Gasteiger partial charge in [0.05, 0.1) is 10.9 Å². The smallest absolute Gasteiger partial charge is 0.241 e. The molecule has 2 N–H and O–H groups in total. The van der Waals surface area contributed by atoms with Gasteiger partial charge in [-0.25, -0.2) is 8.42 Å². The zero-order valence-electron chi connectivity index (χ0n) is 15.4. The third-order valence-corrected chi connectivity index (χ3v) is 5.71. The maximum absolute atomic E-state index is 12.4. The van der Waals surface area contributed by atoms with E-state index >= 15 is 0 Å². The standard InChI is InChI=1S/C20H26N2O3S/c1-15-9-13-19(14-10-15)26(24,25)22-17(3)20(23)21-16(2)11-12-18-7-5-4-6-8-18/h4-10,13-14,16-17,22H,11-12H2,1-3H3,(H,21,23). The van der Waals surface area contributed by atoms with Crippen LogP contribution in [0.2, 0.25) is 0 Å². The number of carbonyl (C=O) groups is 1. The van der Waals surface area contributed by atoms with Crippen molar-refractivity contribution in [2.45, 2.75) is 50.6 Å². The van der Waals surface area contributed by atoms with E-state index in [0.29, 0.717) is 0 Å². The fourth-order valence-electron chi connectivity index (χ4n) is 2.54. The molecule has 0 bridgehead atoms. The van der Waals surface area contributed by atoms with E-state index < -0.39 is 16.1 Å². The predicted octanol–water partition coefficient (Wildman–Crippen LogP) is 2.80. The lowest BCUT2D eigenvalue weighted by Crippen LogP contribution is -2.47. The molecule has 2 unspecified atom stereocenters. The number of hydrogen-bond acceptors (Lipinski definition) is 3. The largest absolute Gasteiger partial charge is 0.352 e. The molecule has 0 radical (unpaired) electrons. The van der Waals surface area contributed by atoms with Crippen LogP contribution in [0, 0.1) is 6.92 Å². The molecule has 0 spiro atoms. The van der Waals surface area contributed by atoms with Crippen molar-refractivity contribution in [3.63, 3.8) is 0 Å². The first-order chi connectivity index (χ1) is 12.3. The van der Waals surface area contributed by atoms with Gasteiger partial charge in [-0.1, -0.05) is 48.0 Å². The van der Waals surface area contributed by atoms with Crippen LogP contribution in [0.3, 0.4) is 0 Å². The van der Waals surface area contributed by atoms with Crippen LogP contribution in [0.4, 0.5) is 0 Å². The number of nitrogens with one attached hydrogen (secondary N) is 2. The van der Waals surface area contributed by atoms with Crippen LogP contribution in [0.15, 0.2) is 59.5 Å². The van der Waals surface area contributed by atoms with E-state index in [-0.39, 0.29) is 16.8 Å². The quantitative estimate of drug-likeness (QED) is 0.746. The summed E-state index contributed by atoms with van der Waals surface area (Å²) in [5, 5.41) is 2.87. The van der Waals surface area contributed by atoms with Crippen molar-refractivity contribution < 1.29 is 13.2 Å². The van der Waals surface area contributed by atoms with Gasteiger partial charge in [0.2, 0.25) is 15.9 Å². The number of sulfonamides is 1. The Hall–Kier alpha value is -2.18. The van der Waals surface area contributed by atoms with E-state index in [1.807, 2.05) is 44.2 Å². The predicted molar refractivity (Wildman–Crippen MR) is 103 cm³/mol. The second kappa shape index (κ2) is 8.96. The maximum Gasteiger partial charge on any atom is 0.241 e. The highest BCUT2D eigenvalue weighted by Crippen LogP contribution is 2.11. The van der Waals surface area contributed by atoms with Gasteiger partial charge in [0.15, 0.2) is 0 Å². The molecule has 140 valence electrons. The van der Waals surface area contributed by atoms with Crippen molar-refractivity contribution in [2.24, 2.45) is 0 Å². The Morgan fingerprint density at radius 2 is 1.62 bits per heavy atom. The first-order valence-corrected chi connectivity index (χ1v) is 10.2. The summed E-state index contributed by atoms with van der Waals surface area (Å²) in [6.45, 7) is 5.35. The molecule has 0 saturated carbocycles. The maximum atomic E-state index is 12.4. The van der Waals surface area contributed by atoms with Crippen molar-refractivity contribution in [1.29, 1.82) is 0 Å². The minimum Gasteiger partial charge on any atom is -0.352 e. The molecule has 26 heavy (non-hydrogen) atoms. The number of carbonyl (C=O) groups excluding carboxylic acids is 1. The van der Waals surface area contributed by atoms with Crippen LogP contribution < -0.4 is 10.0 Å². The number of rotatable bonds is 8. The third-order valence-electron chi connectivity index (χ3n) is 4.15. The van der Waals surface area contributed by atoms with Crippen LogP contribution >= 0.6 is 0 Å². The van der Waals surface area contributed by atoms with Gasteiger partial charge in [-0.05, 0) is 51.3 Å². The van der Waals surface area contributed by atoms with Gasteiger partial charge in [-0.15, -0.1) is 0 Å². The van der Waals surface area contributed by atoms with Crippen LogP contribution in [-0.2, 0) is 21.2 Å². The Morgan fingerprint density at radius 3 is 2.23 bits per heavy atom. The molecule has 0 aromatic heterocycles. The lowest BCUT2D eigenvalue weighted by atomic mass is 10.1. The minimum atomic E-state index is -3.72. The van der Waals surface area contributed by atoms with E-state index in [4.69, 9.17) is 0 Å². The fraction of sp³-hybridized carbons (Fsp3) is 0.350. The highest BCUT2D eigenvalue weighted by Gasteiger charge is 2.22. The van der Waals surface area contributed by atoms with E-state index in [1.54, 1.807) is 19.1 Å². The molecule has 1 amide bonds. The molecule has 0 saturated heterocycles. The van der Waals surface area contributed by atoms with Gasteiger partial charge in [0.25, 0.3) is 0 Å². The van der Waals surface area contributed by atoms with Crippen molar-refractivity contribution >= 4 is 15.9 Å². The van der Waals surface area contributed by atoms with Crippen molar-refractivity contribution in [1.82, 2.24) is 10.0 Å². The molecule has 2 aromatic rings. The van der Waals surface area contributed by atoms with Crippen molar-refractivity contribution in [3.8, 4) is 0 Å². The van der Waals surface area contributed by atoms with Crippen LogP contribution in [-0.4, -0.2) is 26.4 Å². The summed E-state index contributed by atoms with van der Waals surface area (Å²) in [5.41, 5.74) is 2.18. The number of hydrogen-bond donors (Lipinski definition) is 2. The first-order valence-electron chi connectivity index (χ1n) is 8.71. The molecule has 2 atom stereocenters. The second-order valence-corrected chi connectivity index (χ2v) is 8.30. The molecule has 2 aromatic carbocycles. The molecule has 5 nitrogen and oxygen atoms in total. The molecule has 0 aliphatic heterocycles. The third kappa shape index (κ3) is 5.97. The Kier molecular flexibility index (Phi) is 6.94. The van der Waals surface area contributed by atoms with Gasteiger partial charge in [-0.3, -0.25) is 4.79 Å². The average molecular weight is 375 g/mol. The zero-order chi connectivity index (χ0) is 19.2. The van der Waals surface area contributed by atoms with Crippen molar-refractivity contribution in [3.05, 3.63) is 65.7 Å². The van der Waals surface area contributed by atoms with Gasteiger partial charge in [0, 0.05) is 6.04 Å². The van der Waals surface area contributed by atoms with Gasteiger partial charge < -0.3 is 5.32 Å². The molecular formula is C20H26N2O3S. The summed E-state index contributed by atoms with van der Waals surface area (Å²) >= 11 is 0. The van der Waals surface area contributed by atoms with E-state index in [1.165, 1.54) is 17.7 Å². The van der Waals surface area contributed by atoms with Gasteiger partial charge >= 0.3 is 0 Å². The summed E-state index contributed by atoms with van der Waals surface area (Å²) in [6.07, 6.45) is 1.64. The summed E-state index contributed by atoms with van der Waals surface area (Å²) < 4.78 is 27.2. The molecular weight excluding hydrogens is 348 g/mol. The lowest BCUT2D eigenvalue weighted by Gasteiger charge is -2.18. The monoisotopic (exact) mass is 374 g/mol. The minimum absolute atomic E-state index is 0.0472. The summed E-state index contributed by atoms with van der Waals surface area (Å²) in [4.78, 5) is 12.4. The molecule has 6 heteroatoms. The second-order valence-electron chi connectivity index (χ2n) is 6.59. The molecule has 0 heterocycles. The summed E-state index contributed by atoms with van der Waals surface area (Å²) in [5.74, 6) is -0.332. The van der Waals surface area contributed by atoms with Gasteiger partial charge in [-0.2, -0.15) is 4.72 Å². The van der Waals surface area contributed by atoms with Crippen LogP contribution in [0.25, 0.3) is 0 Å². The number of amides is 1. The average Bonchev–Trinajstić information content (AvgIpc) is 2.61. The Bertz CT molecular complexity index is 818. The summed E-state index contributed by atoms with van der Waals surface area (Å²) in [6, 6.07) is 15.7. The van der Waals surface area contributed by atoms with E-state index in [9.17, 15) is 13.2 Å². The highest BCUT2D eigenvalue weighted by atomic mass is 32.2. The number of aryl methyl sites for hydroxylation is 2. The molecule has 0 aliphatic carbocycles. The van der Waals surface area contributed by atoms with Gasteiger partial charge in [0.1, 0.15) is 0 Å². The normalized spacial score (nSPS) is 13.8. The molecule has 2 rings (SSSR count). The summed E-state index contributed by atoms with van der Waals surface area (Å²) in [7, 11) is -3.72. The Labute approximate surface area is 155 Å². The van der Waals surface area contributed by atoms with Crippen LogP contribution in [0.5, 0.6) is 0 Å². The zero-order valence-corrected chi connectivity index (χ0v) is 16.2. The molecule has 0 aliphatic rings. The topological polar surface area (TPSA) is 75.3 Å². The van der Waals surface area contributed by atoms with E-state index in [2.05, 4.69) is 10.0 Å². The Morgan fingerprint density at radius 1 is 1.00 bits per heavy atom. The van der Waals surface area contributed by atoms with E-state index in [0.717, 1.165) is 18.4 Å². The van der Waals surface area contributed by atoms with Crippen molar-refractivity contribution in [2.75, 3.05) is 0 Å². The lowest BCUT2D eigenvalue weighted by molar-refractivity contribution is -0.123. The fourth-order valence-corrected chi connectivity index (χ4v) is 3.74. The Balaban J connectivity index is 1.87. The molecule has 0 fully saturated rings. The number of benzene rings is 2. The van der Waals surface area contributed by atoms with Crippen LogP contribution in [0.1, 0.15) is 31.4 Å². The SMILES string of the molecule is Cc1ccc(S(=O)(=O)NC(C)C(=O)NC(C)CCc2ccccc2)cc1. The first kappa shape index (κ1) is 20.1. The highest BCUT2D eigenvalue weighted by molar-refractivity contribution is 7.89.